The van der Waals surface area contributed by atoms with Crippen molar-refractivity contribution >= 4 is 21.6 Å². The van der Waals surface area contributed by atoms with Crippen molar-refractivity contribution in [3.05, 3.63) is 23.0 Å². The van der Waals surface area contributed by atoms with Gasteiger partial charge in [-0.05, 0) is 5.56 Å². The van der Waals surface area contributed by atoms with Gasteiger partial charge >= 0.3 is 0 Å². The van der Waals surface area contributed by atoms with E-state index in [0.717, 1.165) is 0 Å². The fourth-order valence-corrected chi connectivity index (χ4v) is 1.58. The fraction of sp³-hybridized carbons (Fsp3) is 0.375. The van der Waals surface area contributed by atoms with E-state index in [1.807, 2.05) is 0 Å². The molecule has 0 amide bonds. The van der Waals surface area contributed by atoms with E-state index in [4.69, 9.17) is 10.8 Å². The normalized spacial score (nSPS) is 10.9. The molecule has 0 bridgehead atoms. The maximum absolute atomic E-state index is 12.3. The number of hydrogen-bond donors (Lipinski definition) is 2. The largest absolute Gasteiger partial charge is 0.397 e. The van der Waals surface area contributed by atoms with Gasteiger partial charge in [-0.15, -0.1) is 0 Å². The quantitative estimate of drug-likeness (QED) is 0.823. The zero-order chi connectivity index (χ0) is 10.7. The van der Waals surface area contributed by atoms with Crippen molar-refractivity contribution in [2.45, 2.75) is 18.4 Å². The number of pyridine rings is 1. The Morgan fingerprint density at radius 1 is 1.57 bits per heavy atom. The first kappa shape index (κ1) is 11.3. The SMILES string of the molecule is Nc1c(C(F)F)ncc(CBr)c1CO. The standard InChI is InChI=1S/C8H9BrF2N2O/c9-1-4-2-13-7(8(10)11)6(12)5(4)3-14/h2,8,14H,1,3,12H2. The molecule has 0 aliphatic carbocycles. The van der Waals surface area contributed by atoms with E-state index in [9.17, 15) is 8.78 Å². The van der Waals surface area contributed by atoms with Crippen molar-refractivity contribution < 1.29 is 13.9 Å². The van der Waals surface area contributed by atoms with Crippen LogP contribution in [-0.4, -0.2) is 10.1 Å². The zero-order valence-electron chi connectivity index (χ0n) is 7.17. The van der Waals surface area contributed by atoms with E-state index in [1.165, 1.54) is 6.20 Å². The summed E-state index contributed by atoms with van der Waals surface area (Å²) < 4.78 is 24.7. The van der Waals surface area contributed by atoms with Gasteiger partial charge in [0.1, 0.15) is 5.69 Å². The summed E-state index contributed by atoms with van der Waals surface area (Å²) in [6.07, 6.45) is -1.43. The Kier molecular flexibility index (Phi) is 3.77. The molecule has 0 aliphatic heterocycles. The van der Waals surface area contributed by atoms with Gasteiger partial charge in [-0.3, -0.25) is 4.98 Å². The number of aliphatic hydroxyl groups is 1. The minimum Gasteiger partial charge on any atom is -0.397 e. The Labute approximate surface area is 88.1 Å². The number of halogens is 3. The van der Waals surface area contributed by atoms with Crippen LogP contribution in [0.1, 0.15) is 23.2 Å². The Balaban J connectivity index is 3.27. The lowest BCUT2D eigenvalue weighted by molar-refractivity contribution is 0.146. The number of hydrogen-bond acceptors (Lipinski definition) is 3. The molecule has 1 aromatic rings. The number of aliphatic hydroxyl groups excluding tert-OH is 1. The van der Waals surface area contributed by atoms with E-state index in [0.29, 0.717) is 16.5 Å². The predicted molar refractivity (Wildman–Crippen MR) is 52.2 cm³/mol. The molecule has 0 radical (unpaired) electrons. The first-order chi connectivity index (χ1) is 6.61. The molecule has 6 heteroatoms. The van der Waals surface area contributed by atoms with Gasteiger partial charge in [-0.1, -0.05) is 15.9 Å². The molecule has 3 N–H and O–H groups in total. The minimum atomic E-state index is -2.72. The van der Waals surface area contributed by atoms with E-state index < -0.39 is 12.1 Å². The summed E-state index contributed by atoms with van der Waals surface area (Å²) in [4.78, 5) is 3.54. The van der Waals surface area contributed by atoms with Crippen LogP contribution in [0.3, 0.4) is 0 Å². The van der Waals surface area contributed by atoms with Crippen LogP contribution < -0.4 is 5.73 Å². The highest BCUT2D eigenvalue weighted by molar-refractivity contribution is 9.08. The highest BCUT2D eigenvalue weighted by atomic mass is 79.9. The highest BCUT2D eigenvalue weighted by Gasteiger charge is 2.17. The molecule has 3 nitrogen and oxygen atoms in total. The molecule has 78 valence electrons. The maximum atomic E-state index is 12.3. The van der Waals surface area contributed by atoms with Gasteiger partial charge in [0.15, 0.2) is 0 Å². The lowest BCUT2D eigenvalue weighted by atomic mass is 10.1. The first-order valence-electron chi connectivity index (χ1n) is 3.82. The molecule has 0 saturated heterocycles. The van der Waals surface area contributed by atoms with E-state index >= 15 is 0 Å². The summed E-state index contributed by atoms with van der Waals surface area (Å²) in [5, 5.41) is 9.38. The van der Waals surface area contributed by atoms with Crippen LogP contribution in [-0.2, 0) is 11.9 Å². The monoisotopic (exact) mass is 266 g/mol. The third kappa shape index (κ3) is 2.01. The van der Waals surface area contributed by atoms with E-state index in [-0.39, 0.29) is 12.3 Å². The molecular weight excluding hydrogens is 258 g/mol. The van der Waals surface area contributed by atoms with Crippen LogP contribution in [0.5, 0.6) is 0 Å². The van der Waals surface area contributed by atoms with Gasteiger partial charge in [0.25, 0.3) is 6.43 Å². The summed E-state index contributed by atoms with van der Waals surface area (Å²) in [7, 11) is 0. The van der Waals surface area contributed by atoms with Crippen molar-refractivity contribution in [1.29, 1.82) is 0 Å². The number of alkyl halides is 3. The van der Waals surface area contributed by atoms with Gasteiger partial charge in [-0.25, -0.2) is 8.78 Å². The molecule has 0 spiro atoms. The van der Waals surface area contributed by atoms with E-state index in [2.05, 4.69) is 20.9 Å². The third-order valence-corrected chi connectivity index (χ3v) is 2.46. The van der Waals surface area contributed by atoms with Crippen molar-refractivity contribution in [1.82, 2.24) is 4.98 Å². The summed E-state index contributed by atoms with van der Waals surface area (Å²) in [5.41, 5.74) is 5.78. The smallest absolute Gasteiger partial charge is 0.282 e. The Morgan fingerprint density at radius 3 is 2.64 bits per heavy atom. The van der Waals surface area contributed by atoms with Crippen LogP contribution >= 0.6 is 15.9 Å². The van der Waals surface area contributed by atoms with Crippen molar-refractivity contribution in [2.24, 2.45) is 0 Å². The molecular formula is C8H9BrF2N2O. The molecule has 0 atom stereocenters. The zero-order valence-corrected chi connectivity index (χ0v) is 8.76. The summed E-state index contributed by atoms with van der Waals surface area (Å²) >= 11 is 3.15. The molecule has 1 heterocycles. The molecule has 0 saturated carbocycles. The van der Waals surface area contributed by atoms with Crippen LogP contribution in [0, 0.1) is 0 Å². The minimum absolute atomic E-state index is 0.126. The van der Waals surface area contributed by atoms with Crippen LogP contribution in [0.25, 0.3) is 0 Å². The number of rotatable bonds is 3. The maximum Gasteiger partial charge on any atom is 0.282 e. The topological polar surface area (TPSA) is 59.1 Å². The lowest BCUT2D eigenvalue weighted by Gasteiger charge is -2.11. The second-order valence-corrected chi connectivity index (χ2v) is 3.21. The molecule has 0 fully saturated rings. The Bertz CT molecular complexity index is 333. The second-order valence-electron chi connectivity index (χ2n) is 2.65. The molecule has 0 aromatic carbocycles. The predicted octanol–water partition coefficient (Wildman–Crippen LogP) is 1.99. The Morgan fingerprint density at radius 2 is 2.21 bits per heavy atom. The summed E-state index contributed by atoms with van der Waals surface area (Å²) in [5.74, 6) is 0. The van der Waals surface area contributed by atoms with Gasteiger partial charge in [0.05, 0.1) is 12.3 Å². The number of nitrogens with two attached hydrogens (primary N) is 1. The lowest BCUT2D eigenvalue weighted by Crippen LogP contribution is -2.06. The van der Waals surface area contributed by atoms with E-state index in [1.54, 1.807) is 0 Å². The van der Waals surface area contributed by atoms with Crippen LogP contribution in [0.15, 0.2) is 6.20 Å². The van der Waals surface area contributed by atoms with Gasteiger partial charge < -0.3 is 10.8 Å². The van der Waals surface area contributed by atoms with Gasteiger partial charge in [0.2, 0.25) is 0 Å². The van der Waals surface area contributed by atoms with Crippen molar-refractivity contribution in [2.75, 3.05) is 5.73 Å². The first-order valence-corrected chi connectivity index (χ1v) is 4.95. The number of nitrogen functional groups attached to an aromatic ring is 1. The second kappa shape index (κ2) is 4.65. The van der Waals surface area contributed by atoms with Crippen molar-refractivity contribution in [3.63, 3.8) is 0 Å². The average Bonchev–Trinajstić information content (AvgIpc) is 2.16. The van der Waals surface area contributed by atoms with Crippen LogP contribution in [0.2, 0.25) is 0 Å². The third-order valence-electron chi connectivity index (χ3n) is 1.86. The van der Waals surface area contributed by atoms with Gasteiger partial charge in [0, 0.05) is 17.1 Å². The molecule has 1 aromatic heterocycles. The molecule has 14 heavy (non-hydrogen) atoms. The molecule has 1 rings (SSSR count). The highest BCUT2D eigenvalue weighted by Crippen LogP contribution is 2.28. The fourth-order valence-electron chi connectivity index (χ4n) is 1.10. The number of nitrogens with zero attached hydrogens (tertiary/aromatic N) is 1. The molecule has 0 aliphatic rings. The summed E-state index contributed by atoms with van der Waals surface area (Å²) in [6.45, 7) is -0.366. The average molecular weight is 267 g/mol. The molecule has 0 unspecified atom stereocenters. The number of aromatic nitrogens is 1. The Hall–Kier alpha value is -0.750. The van der Waals surface area contributed by atoms with Crippen LogP contribution in [0.4, 0.5) is 14.5 Å². The van der Waals surface area contributed by atoms with Gasteiger partial charge in [-0.2, -0.15) is 0 Å². The van der Waals surface area contributed by atoms with Crippen molar-refractivity contribution in [3.8, 4) is 0 Å². The summed E-state index contributed by atoms with van der Waals surface area (Å²) in [6, 6.07) is 0. The number of anilines is 1.